The number of pyridine rings is 1. The normalized spacial score (nSPS) is 20.4. The van der Waals surface area contributed by atoms with Crippen LogP contribution in [0.3, 0.4) is 0 Å². The first kappa shape index (κ1) is 16.5. The van der Waals surface area contributed by atoms with Gasteiger partial charge in [-0.05, 0) is 31.2 Å². The molecule has 1 unspecified atom stereocenters. The Hall–Kier alpha value is -0.890. The third-order valence-corrected chi connectivity index (χ3v) is 5.83. The van der Waals surface area contributed by atoms with Crippen molar-refractivity contribution in [1.82, 2.24) is 9.29 Å². The predicted molar refractivity (Wildman–Crippen MR) is 82.0 cm³/mol. The molecule has 1 fully saturated rings. The Morgan fingerprint density at radius 1 is 1.57 bits per heavy atom. The average molecular weight is 334 g/mol. The topological polar surface area (TPSA) is 82.5 Å². The van der Waals surface area contributed by atoms with E-state index in [4.69, 9.17) is 16.7 Å². The Morgan fingerprint density at radius 2 is 2.33 bits per heavy atom. The van der Waals surface area contributed by atoms with Gasteiger partial charge in [0.2, 0.25) is 10.0 Å². The number of sulfonamides is 1. The number of nitrogens with zero attached hydrogens (tertiary/aromatic N) is 2. The number of nitrogens with one attached hydrogen (secondary N) is 1. The van der Waals surface area contributed by atoms with Gasteiger partial charge in [-0.1, -0.05) is 11.6 Å². The van der Waals surface area contributed by atoms with Crippen molar-refractivity contribution >= 4 is 27.4 Å². The summed E-state index contributed by atoms with van der Waals surface area (Å²) in [5.74, 6) is 0.658. The van der Waals surface area contributed by atoms with Crippen molar-refractivity contribution in [2.24, 2.45) is 5.92 Å². The van der Waals surface area contributed by atoms with Gasteiger partial charge < -0.3 is 10.4 Å². The van der Waals surface area contributed by atoms with Gasteiger partial charge in [0.15, 0.2) is 0 Å². The van der Waals surface area contributed by atoms with Crippen molar-refractivity contribution in [3.05, 3.63) is 17.3 Å². The second-order valence-electron chi connectivity index (χ2n) is 5.14. The molecule has 0 radical (unpaired) electrons. The number of aromatic nitrogens is 1. The summed E-state index contributed by atoms with van der Waals surface area (Å²) in [5.41, 5.74) is 0. The van der Waals surface area contributed by atoms with Gasteiger partial charge in [0.05, 0.1) is 5.02 Å². The van der Waals surface area contributed by atoms with Gasteiger partial charge in [-0.2, -0.15) is 4.31 Å². The average Bonchev–Trinajstić information content (AvgIpc) is 2.48. The maximum absolute atomic E-state index is 12.6. The monoisotopic (exact) mass is 333 g/mol. The van der Waals surface area contributed by atoms with E-state index in [9.17, 15) is 8.42 Å². The second kappa shape index (κ2) is 6.91. The standard InChI is InChI=1S/C13H20ClN3O3S/c1-15-13-12(14)7-11(8-16-13)21(19,20)17-5-2-3-10(9-17)4-6-18/h7-8,10,18H,2-6,9H2,1H3,(H,15,16). The molecule has 2 rings (SSSR count). The lowest BCUT2D eigenvalue weighted by atomic mass is 9.97. The van der Waals surface area contributed by atoms with Gasteiger partial charge in [0.1, 0.15) is 10.7 Å². The van der Waals surface area contributed by atoms with Crippen LogP contribution in [-0.4, -0.2) is 49.6 Å². The van der Waals surface area contributed by atoms with Crippen LogP contribution in [0.4, 0.5) is 5.82 Å². The van der Waals surface area contributed by atoms with E-state index >= 15 is 0 Å². The molecule has 0 spiro atoms. The van der Waals surface area contributed by atoms with E-state index in [1.54, 1.807) is 7.05 Å². The van der Waals surface area contributed by atoms with Crippen LogP contribution in [0.2, 0.25) is 5.02 Å². The number of anilines is 1. The van der Waals surface area contributed by atoms with E-state index in [0.717, 1.165) is 12.8 Å². The summed E-state index contributed by atoms with van der Waals surface area (Å²) >= 11 is 6.01. The first-order valence-electron chi connectivity index (χ1n) is 6.93. The van der Waals surface area contributed by atoms with E-state index in [0.29, 0.717) is 25.3 Å². The Balaban J connectivity index is 2.23. The second-order valence-corrected chi connectivity index (χ2v) is 7.48. The van der Waals surface area contributed by atoms with Crippen LogP contribution >= 0.6 is 11.6 Å². The Morgan fingerprint density at radius 3 is 2.95 bits per heavy atom. The number of piperidine rings is 1. The summed E-state index contributed by atoms with van der Waals surface area (Å²) in [5, 5.41) is 12.1. The maximum atomic E-state index is 12.6. The number of hydrogen-bond donors (Lipinski definition) is 2. The highest BCUT2D eigenvalue weighted by Crippen LogP contribution is 2.28. The highest BCUT2D eigenvalue weighted by molar-refractivity contribution is 7.89. The van der Waals surface area contributed by atoms with Crippen molar-refractivity contribution in [2.75, 3.05) is 32.1 Å². The Kier molecular flexibility index (Phi) is 5.43. The van der Waals surface area contributed by atoms with Gasteiger partial charge in [-0.15, -0.1) is 0 Å². The van der Waals surface area contributed by atoms with Crippen LogP contribution in [0.5, 0.6) is 0 Å². The molecular formula is C13H20ClN3O3S. The molecular weight excluding hydrogens is 314 g/mol. The smallest absolute Gasteiger partial charge is 0.244 e. The van der Waals surface area contributed by atoms with Crippen molar-refractivity contribution in [1.29, 1.82) is 0 Å². The third kappa shape index (κ3) is 3.66. The number of halogens is 1. The van der Waals surface area contributed by atoms with Crippen molar-refractivity contribution in [3.8, 4) is 0 Å². The van der Waals surface area contributed by atoms with Crippen molar-refractivity contribution in [3.63, 3.8) is 0 Å². The van der Waals surface area contributed by atoms with Gasteiger partial charge in [-0.25, -0.2) is 13.4 Å². The van der Waals surface area contributed by atoms with Crippen LogP contribution < -0.4 is 5.32 Å². The number of rotatable bonds is 5. The largest absolute Gasteiger partial charge is 0.396 e. The van der Waals surface area contributed by atoms with E-state index < -0.39 is 10.0 Å². The molecule has 0 saturated carbocycles. The molecule has 21 heavy (non-hydrogen) atoms. The predicted octanol–water partition coefficient (Wildman–Crippen LogP) is 1.56. The first-order chi connectivity index (χ1) is 9.98. The van der Waals surface area contributed by atoms with Gasteiger partial charge >= 0.3 is 0 Å². The molecule has 1 aromatic rings. The summed E-state index contributed by atoms with van der Waals surface area (Å²) in [6, 6.07) is 1.42. The fourth-order valence-corrected chi connectivity index (χ4v) is 4.41. The summed E-state index contributed by atoms with van der Waals surface area (Å²) in [6.07, 6.45) is 3.70. The molecule has 0 aromatic carbocycles. The molecule has 1 aromatic heterocycles. The zero-order valence-corrected chi connectivity index (χ0v) is 13.5. The lowest BCUT2D eigenvalue weighted by Gasteiger charge is -2.31. The lowest BCUT2D eigenvalue weighted by molar-refractivity contribution is 0.203. The Labute approximate surface area is 130 Å². The molecule has 8 heteroatoms. The zero-order chi connectivity index (χ0) is 15.5. The summed E-state index contributed by atoms with van der Waals surface area (Å²) < 4.78 is 26.7. The molecule has 1 saturated heterocycles. The third-order valence-electron chi connectivity index (χ3n) is 3.71. The van der Waals surface area contributed by atoms with E-state index in [2.05, 4.69) is 10.3 Å². The molecule has 2 N–H and O–H groups in total. The molecule has 2 heterocycles. The number of aliphatic hydroxyl groups is 1. The molecule has 118 valence electrons. The minimum absolute atomic E-state index is 0.0861. The van der Waals surface area contributed by atoms with Crippen LogP contribution in [0, 0.1) is 5.92 Å². The van der Waals surface area contributed by atoms with E-state index in [1.807, 2.05) is 0 Å². The highest BCUT2D eigenvalue weighted by atomic mass is 35.5. The number of aliphatic hydroxyl groups excluding tert-OH is 1. The van der Waals surface area contributed by atoms with Gasteiger partial charge in [0.25, 0.3) is 0 Å². The van der Waals surface area contributed by atoms with E-state index in [1.165, 1.54) is 16.6 Å². The molecule has 1 aliphatic rings. The maximum Gasteiger partial charge on any atom is 0.244 e. The van der Waals surface area contributed by atoms with Crippen molar-refractivity contribution < 1.29 is 13.5 Å². The minimum Gasteiger partial charge on any atom is -0.396 e. The summed E-state index contributed by atoms with van der Waals surface area (Å²) in [6.45, 7) is 1.02. The number of hydrogen-bond acceptors (Lipinski definition) is 5. The highest BCUT2D eigenvalue weighted by Gasteiger charge is 2.30. The van der Waals surface area contributed by atoms with E-state index in [-0.39, 0.29) is 22.4 Å². The van der Waals surface area contributed by atoms with Crippen LogP contribution in [0.25, 0.3) is 0 Å². The molecule has 6 nitrogen and oxygen atoms in total. The fourth-order valence-electron chi connectivity index (χ4n) is 2.56. The molecule has 0 amide bonds. The van der Waals surface area contributed by atoms with Gasteiger partial charge in [-0.3, -0.25) is 0 Å². The summed E-state index contributed by atoms with van der Waals surface area (Å²) in [4.78, 5) is 4.13. The quantitative estimate of drug-likeness (QED) is 0.854. The molecule has 0 bridgehead atoms. The fraction of sp³-hybridized carbons (Fsp3) is 0.615. The van der Waals surface area contributed by atoms with Crippen LogP contribution in [-0.2, 0) is 10.0 Å². The first-order valence-corrected chi connectivity index (χ1v) is 8.75. The lowest BCUT2D eigenvalue weighted by Crippen LogP contribution is -2.40. The van der Waals surface area contributed by atoms with Crippen LogP contribution in [0.1, 0.15) is 19.3 Å². The molecule has 1 aliphatic heterocycles. The molecule has 1 atom stereocenters. The SMILES string of the molecule is CNc1ncc(S(=O)(=O)N2CCCC(CCO)C2)cc1Cl. The zero-order valence-electron chi connectivity index (χ0n) is 11.9. The van der Waals surface area contributed by atoms with Gasteiger partial charge in [0, 0.05) is 32.9 Å². The van der Waals surface area contributed by atoms with Crippen molar-refractivity contribution in [2.45, 2.75) is 24.2 Å². The Bertz CT molecular complexity index is 592. The van der Waals surface area contributed by atoms with Crippen LogP contribution in [0.15, 0.2) is 17.2 Å². The molecule has 0 aliphatic carbocycles. The summed E-state index contributed by atoms with van der Waals surface area (Å²) in [7, 11) is -1.91. The minimum atomic E-state index is -3.58.